The van der Waals surface area contributed by atoms with Crippen LogP contribution < -0.4 is 10.5 Å². The zero-order valence-corrected chi connectivity index (χ0v) is 14.2. The fourth-order valence-electron chi connectivity index (χ4n) is 1.73. The standard InChI is InChI=1S/C13H16ClN3O2S2/c1-7(2)11-6-20-13(16-11)17-21(18,19)12-5-10(15)9(14)4-8(12)3/h4-7H,15H2,1-3H3,(H,16,17). The Morgan fingerprint density at radius 3 is 2.62 bits per heavy atom. The monoisotopic (exact) mass is 345 g/mol. The highest BCUT2D eigenvalue weighted by atomic mass is 35.5. The lowest BCUT2D eigenvalue weighted by atomic mass is 10.2. The van der Waals surface area contributed by atoms with Crippen molar-refractivity contribution in [2.75, 3.05) is 10.5 Å². The SMILES string of the molecule is Cc1cc(Cl)c(N)cc1S(=O)(=O)Nc1nc(C(C)C)cs1. The number of halogens is 1. The van der Waals surface area contributed by atoms with E-state index in [0.29, 0.717) is 15.7 Å². The third-order valence-electron chi connectivity index (χ3n) is 2.92. The predicted molar refractivity (Wildman–Crippen MR) is 87.6 cm³/mol. The molecule has 2 rings (SSSR count). The van der Waals surface area contributed by atoms with Crippen molar-refractivity contribution in [2.24, 2.45) is 0 Å². The molecule has 0 amide bonds. The summed E-state index contributed by atoms with van der Waals surface area (Å²) < 4.78 is 27.3. The molecular formula is C13H16ClN3O2S2. The van der Waals surface area contributed by atoms with Crippen molar-refractivity contribution in [1.29, 1.82) is 0 Å². The number of aryl methyl sites for hydroxylation is 1. The topological polar surface area (TPSA) is 85.1 Å². The molecule has 0 aliphatic carbocycles. The molecule has 0 spiro atoms. The maximum atomic E-state index is 12.4. The van der Waals surface area contributed by atoms with Crippen molar-refractivity contribution in [2.45, 2.75) is 31.6 Å². The van der Waals surface area contributed by atoms with Gasteiger partial charge in [0.15, 0.2) is 5.13 Å². The minimum absolute atomic E-state index is 0.102. The average molecular weight is 346 g/mol. The third kappa shape index (κ3) is 3.48. The maximum absolute atomic E-state index is 12.4. The summed E-state index contributed by atoms with van der Waals surface area (Å²) in [4.78, 5) is 4.36. The molecule has 0 atom stereocenters. The number of nitrogen functional groups attached to an aromatic ring is 1. The molecule has 0 radical (unpaired) electrons. The number of thiazole rings is 1. The third-order valence-corrected chi connectivity index (χ3v) is 5.63. The Balaban J connectivity index is 2.36. The van der Waals surface area contributed by atoms with Crippen LogP contribution in [0.3, 0.4) is 0 Å². The van der Waals surface area contributed by atoms with Crippen molar-refractivity contribution in [3.8, 4) is 0 Å². The summed E-state index contributed by atoms with van der Waals surface area (Å²) in [5, 5.41) is 2.51. The van der Waals surface area contributed by atoms with Gasteiger partial charge < -0.3 is 5.73 Å². The van der Waals surface area contributed by atoms with E-state index in [9.17, 15) is 8.42 Å². The van der Waals surface area contributed by atoms with Gasteiger partial charge in [0.2, 0.25) is 0 Å². The van der Waals surface area contributed by atoms with Crippen LogP contribution in [0.2, 0.25) is 5.02 Å². The summed E-state index contributed by atoms with van der Waals surface area (Å²) in [6, 6.07) is 2.89. The second kappa shape index (κ2) is 5.82. The molecule has 0 bridgehead atoms. The molecule has 0 saturated heterocycles. The molecule has 8 heteroatoms. The van der Waals surface area contributed by atoms with Gasteiger partial charge in [-0.15, -0.1) is 11.3 Å². The molecule has 21 heavy (non-hydrogen) atoms. The number of sulfonamides is 1. The van der Waals surface area contributed by atoms with Crippen molar-refractivity contribution in [1.82, 2.24) is 4.98 Å². The lowest BCUT2D eigenvalue weighted by Crippen LogP contribution is -2.14. The number of hydrogen-bond donors (Lipinski definition) is 2. The van der Waals surface area contributed by atoms with E-state index in [4.69, 9.17) is 17.3 Å². The van der Waals surface area contributed by atoms with Crippen LogP contribution in [-0.2, 0) is 10.0 Å². The summed E-state index contributed by atoms with van der Waals surface area (Å²) in [6.45, 7) is 5.66. The van der Waals surface area contributed by atoms with Crippen LogP contribution in [0.5, 0.6) is 0 Å². The van der Waals surface area contributed by atoms with E-state index in [2.05, 4.69) is 9.71 Å². The normalized spacial score (nSPS) is 11.9. The van der Waals surface area contributed by atoms with Crippen molar-refractivity contribution in [3.05, 3.63) is 33.8 Å². The average Bonchev–Trinajstić information content (AvgIpc) is 2.81. The fraction of sp³-hybridized carbons (Fsp3) is 0.308. The van der Waals surface area contributed by atoms with Gasteiger partial charge in [-0.25, -0.2) is 13.4 Å². The molecule has 5 nitrogen and oxygen atoms in total. The number of nitrogens with one attached hydrogen (secondary N) is 1. The van der Waals surface area contributed by atoms with E-state index in [1.165, 1.54) is 23.5 Å². The second-order valence-corrected chi connectivity index (χ2v) is 7.89. The quantitative estimate of drug-likeness (QED) is 0.829. The van der Waals surface area contributed by atoms with Gasteiger partial charge in [-0.05, 0) is 30.5 Å². The summed E-state index contributed by atoms with van der Waals surface area (Å²) >= 11 is 7.14. The number of aromatic nitrogens is 1. The van der Waals surface area contributed by atoms with Crippen LogP contribution in [0, 0.1) is 6.92 Å². The first kappa shape index (κ1) is 16.1. The van der Waals surface area contributed by atoms with Crippen molar-refractivity contribution >= 4 is 43.8 Å². The first-order chi connectivity index (χ1) is 9.70. The Bertz CT molecular complexity index is 770. The Morgan fingerprint density at radius 2 is 2.05 bits per heavy atom. The van der Waals surface area contributed by atoms with Crippen molar-refractivity contribution < 1.29 is 8.42 Å². The van der Waals surface area contributed by atoms with E-state index in [0.717, 1.165) is 5.69 Å². The Kier molecular flexibility index (Phi) is 4.46. The van der Waals surface area contributed by atoms with Gasteiger partial charge >= 0.3 is 0 Å². The number of hydrogen-bond acceptors (Lipinski definition) is 5. The molecule has 1 aromatic carbocycles. The minimum Gasteiger partial charge on any atom is -0.397 e. The lowest BCUT2D eigenvalue weighted by Gasteiger charge is -2.10. The highest BCUT2D eigenvalue weighted by Gasteiger charge is 2.20. The van der Waals surface area contributed by atoms with E-state index in [-0.39, 0.29) is 16.5 Å². The summed E-state index contributed by atoms with van der Waals surface area (Å²) in [6.07, 6.45) is 0. The van der Waals surface area contributed by atoms with Crippen LogP contribution in [0.4, 0.5) is 10.8 Å². The smallest absolute Gasteiger partial charge is 0.264 e. The predicted octanol–water partition coefficient (Wildman–Crippen LogP) is 3.61. The molecule has 0 aliphatic heterocycles. The van der Waals surface area contributed by atoms with Gasteiger partial charge in [0.25, 0.3) is 10.0 Å². The fourth-order valence-corrected chi connectivity index (χ4v) is 4.33. The van der Waals surface area contributed by atoms with E-state index in [1.807, 2.05) is 19.2 Å². The van der Waals surface area contributed by atoms with Crippen LogP contribution in [0.1, 0.15) is 31.0 Å². The molecule has 114 valence electrons. The molecule has 0 saturated carbocycles. The van der Waals surface area contributed by atoms with E-state index >= 15 is 0 Å². The zero-order chi connectivity index (χ0) is 15.8. The molecular weight excluding hydrogens is 330 g/mol. The van der Waals surface area contributed by atoms with Gasteiger partial charge in [-0.1, -0.05) is 25.4 Å². The second-order valence-electron chi connectivity index (χ2n) is 4.98. The largest absolute Gasteiger partial charge is 0.397 e. The summed E-state index contributed by atoms with van der Waals surface area (Å²) in [5.74, 6) is 0.243. The Hall–Kier alpha value is -1.31. The molecule has 1 heterocycles. The molecule has 1 aromatic heterocycles. The first-order valence-electron chi connectivity index (χ1n) is 6.24. The molecule has 0 unspecified atom stereocenters. The van der Waals surface area contributed by atoms with Crippen LogP contribution in [0.15, 0.2) is 22.4 Å². The van der Waals surface area contributed by atoms with Crippen LogP contribution in [0.25, 0.3) is 0 Å². The number of nitrogens with two attached hydrogens (primary N) is 1. The van der Waals surface area contributed by atoms with Gasteiger partial charge in [-0.3, -0.25) is 4.72 Å². The first-order valence-corrected chi connectivity index (χ1v) is 8.98. The van der Waals surface area contributed by atoms with E-state index < -0.39 is 10.0 Å². The lowest BCUT2D eigenvalue weighted by molar-refractivity contribution is 0.600. The van der Waals surface area contributed by atoms with Gasteiger partial charge in [-0.2, -0.15) is 0 Å². The Morgan fingerprint density at radius 1 is 1.38 bits per heavy atom. The minimum atomic E-state index is -3.74. The molecule has 0 aliphatic rings. The zero-order valence-electron chi connectivity index (χ0n) is 11.8. The number of anilines is 2. The molecule has 0 fully saturated rings. The number of rotatable bonds is 4. The van der Waals surface area contributed by atoms with Crippen LogP contribution >= 0.6 is 22.9 Å². The summed E-state index contributed by atoms with van der Waals surface area (Å²) in [5.41, 5.74) is 7.29. The number of benzene rings is 1. The van der Waals surface area contributed by atoms with Gasteiger partial charge in [0.1, 0.15) is 0 Å². The van der Waals surface area contributed by atoms with Crippen molar-refractivity contribution in [3.63, 3.8) is 0 Å². The highest BCUT2D eigenvalue weighted by Crippen LogP contribution is 2.29. The number of nitrogens with zero attached hydrogens (tertiary/aromatic N) is 1. The molecule has 3 N–H and O–H groups in total. The van der Waals surface area contributed by atoms with Gasteiger partial charge in [0, 0.05) is 5.38 Å². The maximum Gasteiger partial charge on any atom is 0.264 e. The van der Waals surface area contributed by atoms with Crippen LogP contribution in [-0.4, -0.2) is 13.4 Å². The van der Waals surface area contributed by atoms with Gasteiger partial charge in [0.05, 0.1) is 21.3 Å². The summed E-state index contributed by atoms with van der Waals surface area (Å²) in [7, 11) is -3.74. The highest BCUT2D eigenvalue weighted by molar-refractivity contribution is 7.93. The van der Waals surface area contributed by atoms with E-state index in [1.54, 1.807) is 6.92 Å². The molecule has 2 aromatic rings. The Labute approximate surface area is 133 Å².